The van der Waals surface area contributed by atoms with Crippen LogP contribution in [0.4, 0.5) is 5.69 Å². The lowest BCUT2D eigenvalue weighted by atomic mass is 9.84. The quantitative estimate of drug-likeness (QED) is 0.414. The van der Waals surface area contributed by atoms with Gasteiger partial charge in [0, 0.05) is 35.7 Å². The number of carbonyl (C=O) groups is 1. The van der Waals surface area contributed by atoms with Crippen molar-refractivity contribution in [1.29, 1.82) is 0 Å². The lowest BCUT2D eigenvalue weighted by molar-refractivity contribution is -0.617. The van der Waals surface area contributed by atoms with E-state index in [1.165, 1.54) is 6.07 Å². The topological polar surface area (TPSA) is 103 Å². The molecule has 0 unspecified atom stereocenters. The van der Waals surface area contributed by atoms with Crippen LogP contribution in [0.1, 0.15) is 87.4 Å². The minimum atomic E-state index is -0.600. The number of nitrogens with one attached hydrogen (secondary N) is 1. The number of fused-ring (bicyclic) bond motifs is 1. The molecule has 1 aromatic carbocycles. The maximum absolute atomic E-state index is 13.1. The van der Waals surface area contributed by atoms with Gasteiger partial charge in [0.15, 0.2) is 5.69 Å². The van der Waals surface area contributed by atoms with E-state index in [1.54, 1.807) is 12.1 Å². The molecule has 2 saturated carbocycles. The molecule has 2 aliphatic carbocycles. The first kappa shape index (κ1) is 22.7. The predicted molar refractivity (Wildman–Crippen MR) is 129 cm³/mol. The van der Waals surface area contributed by atoms with Gasteiger partial charge in [-0.1, -0.05) is 13.8 Å². The fraction of sp³-hybridized carbons (Fsp3) is 0.500. The van der Waals surface area contributed by atoms with Crippen LogP contribution < -0.4 is 14.8 Å². The van der Waals surface area contributed by atoms with E-state index in [-0.39, 0.29) is 23.8 Å². The maximum atomic E-state index is 13.1. The largest absolute Gasteiger partial charge is 0.618 e. The minimum Gasteiger partial charge on any atom is -0.618 e. The van der Waals surface area contributed by atoms with E-state index in [0.29, 0.717) is 21.9 Å². The highest BCUT2D eigenvalue weighted by atomic mass is 16.5. The Balaban J connectivity index is 1.45. The van der Waals surface area contributed by atoms with Crippen LogP contribution in [0.15, 0.2) is 36.5 Å². The molecule has 0 radical (unpaired) electrons. The predicted octanol–water partition coefficient (Wildman–Crippen LogP) is 4.45. The van der Waals surface area contributed by atoms with Crippen molar-refractivity contribution in [2.45, 2.75) is 83.0 Å². The van der Waals surface area contributed by atoms with Gasteiger partial charge < -0.3 is 20.4 Å². The summed E-state index contributed by atoms with van der Waals surface area (Å²) >= 11 is 0. The number of aliphatic hydroxyl groups is 1. The summed E-state index contributed by atoms with van der Waals surface area (Å²) < 4.78 is 8.77. The number of hydrogen-bond acceptors (Lipinski definition) is 5. The highest BCUT2D eigenvalue weighted by Crippen LogP contribution is 2.38. The highest BCUT2D eigenvalue weighted by molar-refractivity contribution is 6.04. The number of benzene rings is 1. The van der Waals surface area contributed by atoms with E-state index >= 15 is 0 Å². The Morgan fingerprint density at radius 1 is 1.26 bits per heavy atom. The third-order valence-electron chi connectivity index (χ3n) is 6.89. The average molecular weight is 465 g/mol. The van der Waals surface area contributed by atoms with E-state index in [0.717, 1.165) is 49.4 Å². The van der Waals surface area contributed by atoms with Gasteiger partial charge >= 0.3 is 5.91 Å². The molecule has 3 aromatic rings. The van der Waals surface area contributed by atoms with Crippen LogP contribution in [-0.4, -0.2) is 32.5 Å². The lowest BCUT2D eigenvalue weighted by Gasteiger charge is -2.33. The third-order valence-corrected chi connectivity index (χ3v) is 6.89. The standard InChI is InChI=1S/C26H32N4O4/c1-16(2)22-5-4-6-23(30(22)33)25(31)27-21-13-17-15-29(18-9-11-26(3,32)12-10-18)28-20(17)14-24(21)34-19-7-8-19/h4-6,13-16,18-19,32H,7-12H2,1-3H3,(H,27,31). The monoisotopic (exact) mass is 464 g/mol. The van der Waals surface area contributed by atoms with Gasteiger partial charge in [0.1, 0.15) is 5.75 Å². The Labute approximate surface area is 199 Å². The molecule has 8 heteroatoms. The number of nitrogens with zero attached hydrogens (tertiary/aromatic N) is 3. The summed E-state index contributed by atoms with van der Waals surface area (Å²) in [6.45, 7) is 5.74. The van der Waals surface area contributed by atoms with E-state index in [4.69, 9.17) is 9.84 Å². The number of aromatic nitrogens is 3. The van der Waals surface area contributed by atoms with Gasteiger partial charge in [-0.2, -0.15) is 9.83 Å². The van der Waals surface area contributed by atoms with Crippen LogP contribution in [0.2, 0.25) is 0 Å². The first-order chi connectivity index (χ1) is 16.2. The number of rotatable bonds is 6. The maximum Gasteiger partial charge on any atom is 0.321 e. The molecule has 2 fully saturated rings. The van der Waals surface area contributed by atoms with Gasteiger partial charge in [0.2, 0.25) is 0 Å². The molecule has 8 nitrogen and oxygen atoms in total. The zero-order chi connectivity index (χ0) is 24.0. The van der Waals surface area contributed by atoms with Gasteiger partial charge in [-0.3, -0.25) is 9.48 Å². The summed E-state index contributed by atoms with van der Waals surface area (Å²) in [6, 6.07) is 8.97. The second-order valence-electron chi connectivity index (χ2n) is 10.3. The number of ether oxygens (including phenoxy) is 1. The van der Waals surface area contributed by atoms with Gasteiger partial charge in [-0.25, -0.2) is 0 Å². The average Bonchev–Trinajstić information content (AvgIpc) is 3.50. The van der Waals surface area contributed by atoms with Crippen LogP contribution in [0.5, 0.6) is 5.75 Å². The van der Waals surface area contributed by atoms with E-state index in [2.05, 4.69) is 5.32 Å². The second-order valence-corrected chi connectivity index (χ2v) is 10.3. The molecule has 2 aliphatic rings. The molecule has 0 aliphatic heterocycles. The van der Waals surface area contributed by atoms with Crippen LogP contribution in [0, 0.1) is 5.21 Å². The fourth-order valence-corrected chi connectivity index (χ4v) is 4.60. The van der Waals surface area contributed by atoms with Crippen molar-refractivity contribution >= 4 is 22.5 Å². The third kappa shape index (κ3) is 4.59. The molecular weight excluding hydrogens is 432 g/mol. The molecule has 180 valence electrons. The number of hydrogen-bond donors (Lipinski definition) is 2. The van der Waals surface area contributed by atoms with E-state index < -0.39 is 11.5 Å². The first-order valence-corrected chi connectivity index (χ1v) is 12.2. The van der Waals surface area contributed by atoms with Crippen molar-refractivity contribution in [1.82, 2.24) is 9.78 Å². The van der Waals surface area contributed by atoms with Gasteiger partial charge in [-0.05, 0) is 57.6 Å². The molecule has 2 N–H and O–H groups in total. The number of carbonyl (C=O) groups excluding carboxylic acids is 1. The zero-order valence-electron chi connectivity index (χ0n) is 20.0. The normalized spacial score (nSPS) is 22.8. The van der Waals surface area contributed by atoms with Crippen molar-refractivity contribution in [3.8, 4) is 5.75 Å². The Morgan fingerprint density at radius 2 is 2.00 bits per heavy atom. The number of amides is 1. The second kappa shape index (κ2) is 8.58. The van der Waals surface area contributed by atoms with Crippen molar-refractivity contribution < 1.29 is 19.4 Å². The Morgan fingerprint density at radius 3 is 2.68 bits per heavy atom. The molecule has 0 spiro atoms. The molecule has 2 heterocycles. The molecule has 0 bridgehead atoms. The number of pyridine rings is 1. The van der Waals surface area contributed by atoms with Gasteiger partial charge in [0.25, 0.3) is 5.69 Å². The Hall–Kier alpha value is -3.13. The molecule has 5 rings (SSSR count). The van der Waals surface area contributed by atoms with Crippen LogP contribution in [0.25, 0.3) is 10.9 Å². The Kier molecular flexibility index (Phi) is 5.72. The smallest absolute Gasteiger partial charge is 0.321 e. The molecule has 2 aromatic heterocycles. The Bertz CT molecular complexity index is 1220. The first-order valence-electron chi connectivity index (χ1n) is 12.2. The highest BCUT2D eigenvalue weighted by Gasteiger charge is 2.31. The van der Waals surface area contributed by atoms with Crippen molar-refractivity contribution in [3.05, 3.63) is 53.1 Å². The SMILES string of the molecule is CC(C)c1cccc(C(=O)Nc2cc3cn(C4CCC(C)(O)CC4)nc3cc2OC2CC2)[n+]1[O-]. The van der Waals surface area contributed by atoms with Gasteiger partial charge in [0.05, 0.1) is 29.0 Å². The van der Waals surface area contributed by atoms with Crippen molar-refractivity contribution in [3.63, 3.8) is 0 Å². The minimum absolute atomic E-state index is 0.00434. The van der Waals surface area contributed by atoms with Crippen LogP contribution in [-0.2, 0) is 0 Å². The summed E-state index contributed by atoms with van der Waals surface area (Å²) in [4.78, 5) is 13.1. The molecular formula is C26H32N4O4. The van der Waals surface area contributed by atoms with Gasteiger partial charge in [-0.15, -0.1) is 0 Å². The fourth-order valence-electron chi connectivity index (χ4n) is 4.60. The van der Waals surface area contributed by atoms with Crippen LogP contribution >= 0.6 is 0 Å². The molecule has 34 heavy (non-hydrogen) atoms. The van der Waals surface area contributed by atoms with E-state index in [1.807, 2.05) is 43.8 Å². The summed E-state index contributed by atoms with van der Waals surface area (Å²) in [6.07, 6.45) is 7.33. The summed E-state index contributed by atoms with van der Waals surface area (Å²) in [5.41, 5.74) is 1.33. The summed E-state index contributed by atoms with van der Waals surface area (Å²) in [7, 11) is 0. The summed E-state index contributed by atoms with van der Waals surface area (Å²) in [5.74, 6) is 0.0988. The molecule has 0 atom stereocenters. The number of anilines is 1. The molecule has 0 saturated heterocycles. The summed E-state index contributed by atoms with van der Waals surface area (Å²) in [5, 5.41) is 31.6. The van der Waals surface area contributed by atoms with E-state index in [9.17, 15) is 15.1 Å². The van der Waals surface area contributed by atoms with Crippen molar-refractivity contribution in [2.75, 3.05) is 5.32 Å². The van der Waals surface area contributed by atoms with Crippen LogP contribution in [0.3, 0.4) is 0 Å². The lowest BCUT2D eigenvalue weighted by Crippen LogP contribution is -2.41. The molecule has 1 amide bonds. The van der Waals surface area contributed by atoms with Crippen molar-refractivity contribution in [2.24, 2.45) is 0 Å². The zero-order valence-corrected chi connectivity index (χ0v) is 20.0.